The summed E-state index contributed by atoms with van der Waals surface area (Å²) in [6.07, 6.45) is 6.99. The Morgan fingerprint density at radius 3 is 2.88 bits per heavy atom. The number of halogens is 1. The van der Waals surface area contributed by atoms with Crippen molar-refractivity contribution in [2.75, 3.05) is 23.7 Å². The highest BCUT2D eigenvalue weighted by Gasteiger charge is 2.16. The number of nitrogens with zero attached hydrogens (tertiary/aromatic N) is 2. The van der Waals surface area contributed by atoms with Crippen molar-refractivity contribution in [2.45, 2.75) is 32.6 Å². The van der Waals surface area contributed by atoms with Gasteiger partial charge in [0.05, 0.1) is 6.20 Å². The molecule has 2 rings (SSSR count). The van der Waals surface area contributed by atoms with Crippen LogP contribution in [-0.4, -0.2) is 23.1 Å². The zero-order chi connectivity index (χ0) is 12.1. The molecule has 0 atom stereocenters. The normalized spacial score (nSPS) is 15.4. The first-order valence-electron chi connectivity index (χ1n) is 6.30. The van der Waals surface area contributed by atoms with E-state index in [1.807, 2.05) is 6.92 Å². The molecule has 0 aliphatic heterocycles. The molecule has 0 unspecified atom stereocenters. The van der Waals surface area contributed by atoms with Gasteiger partial charge in [0, 0.05) is 13.1 Å². The van der Waals surface area contributed by atoms with Crippen LogP contribution in [0, 0.1) is 5.92 Å². The van der Waals surface area contributed by atoms with E-state index in [-0.39, 0.29) is 0 Å². The summed E-state index contributed by atoms with van der Waals surface area (Å²) in [6.45, 7) is 3.76. The van der Waals surface area contributed by atoms with Crippen LogP contribution in [0.2, 0.25) is 5.02 Å². The lowest BCUT2D eigenvalue weighted by Crippen LogP contribution is -2.16. The van der Waals surface area contributed by atoms with Gasteiger partial charge in [-0.3, -0.25) is 0 Å². The summed E-state index contributed by atoms with van der Waals surface area (Å²) in [5.41, 5.74) is 0. The second kappa shape index (κ2) is 6.05. The van der Waals surface area contributed by atoms with Crippen molar-refractivity contribution in [3.63, 3.8) is 0 Å². The van der Waals surface area contributed by atoms with Gasteiger partial charge < -0.3 is 10.6 Å². The van der Waals surface area contributed by atoms with E-state index in [0.717, 1.165) is 24.8 Å². The quantitative estimate of drug-likeness (QED) is 0.819. The van der Waals surface area contributed by atoms with Gasteiger partial charge in [-0.05, 0) is 19.3 Å². The summed E-state index contributed by atoms with van der Waals surface area (Å²) < 4.78 is 0. The van der Waals surface area contributed by atoms with Crippen LogP contribution in [-0.2, 0) is 0 Å². The topological polar surface area (TPSA) is 49.8 Å². The molecule has 1 aromatic rings. The van der Waals surface area contributed by atoms with Gasteiger partial charge in [0.1, 0.15) is 10.8 Å². The van der Waals surface area contributed by atoms with Crippen LogP contribution in [0.5, 0.6) is 0 Å². The molecule has 0 amide bonds. The molecule has 1 aliphatic rings. The molecule has 94 valence electrons. The van der Waals surface area contributed by atoms with E-state index in [2.05, 4.69) is 20.6 Å². The van der Waals surface area contributed by atoms with Gasteiger partial charge in [-0.25, -0.2) is 4.98 Å². The standard InChI is InChI=1S/C12H19ClN4/c1-2-14-12-16-8-10(13)11(17-12)15-7-6-9-4-3-5-9/h8-9H,2-7H2,1H3,(H2,14,15,16,17). The van der Waals surface area contributed by atoms with Crippen LogP contribution in [0.1, 0.15) is 32.6 Å². The Kier molecular flexibility index (Phi) is 4.42. The van der Waals surface area contributed by atoms with Crippen molar-refractivity contribution in [1.29, 1.82) is 0 Å². The SMILES string of the molecule is CCNc1ncc(Cl)c(NCCC2CCC2)n1. The zero-order valence-electron chi connectivity index (χ0n) is 10.2. The fourth-order valence-electron chi connectivity index (χ4n) is 1.91. The summed E-state index contributed by atoms with van der Waals surface area (Å²) >= 11 is 6.04. The molecule has 1 aromatic heterocycles. The molecule has 0 aromatic carbocycles. The predicted octanol–water partition coefficient (Wildman–Crippen LogP) is 3.16. The van der Waals surface area contributed by atoms with Gasteiger partial charge >= 0.3 is 0 Å². The van der Waals surface area contributed by atoms with E-state index in [0.29, 0.717) is 11.0 Å². The lowest BCUT2D eigenvalue weighted by Gasteiger charge is -2.25. The van der Waals surface area contributed by atoms with Crippen LogP contribution in [0.3, 0.4) is 0 Å². The molecule has 5 heteroatoms. The maximum Gasteiger partial charge on any atom is 0.224 e. The lowest BCUT2D eigenvalue weighted by molar-refractivity contribution is 0.303. The first-order valence-corrected chi connectivity index (χ1v) is 6.67. The van der Waals surface area contributed by atoms with Crippen LogP contribution < -0.4 is 10.6 Å². The Hall–Kier alpha value is -1.03. The third kappa shape index (κ3) is 3.46. The molecular weight excluding hydrogens is 236 g/mol. The van der Waals surface area contributed by atoms with Gasteiger partial charge in [0.2, 0.25) is 5.95 Å². The summed E-state index contributed by atoms with van der Waals surface area (Å²) in [7, 11) is 0. The number of nitrogens with one attached hydrogen (secondary N) is 2. The smallest absolute Gasteiger partial charge is 0.224 e. The minimum atomic E-state index is 0.584. The number of aromatic nitrogens is 2. The van der Waals surface area contributed by atoms with Crippen molar-refractivity contribution >= 4 is 23.4 Å². The number of rotatable bonds is 6. The molecule has 1 aliphatic carbocycles. The number of hydrogen-bond acceptors (Lipinski definition) is 4. The molecule has 4 nitrogen and oxygen atoms in total. The highest BCUT2D eigenvalue weighted by Crippen LogP contribution is 2.29. The molecule has 17 heavy (non-hydrogen) atoms. The molecule has 2 N–H and O–H groups in total. The molecular formula is C12H19ClN4. The monoisotopic (exact) mass is 254 g/mol. The van der Waals surface area contributed by atoms with Gasteiger partial charge in [-0.1, -0.05) is 30.9 Å². The van der Waals surface area contributed by atoms with Crippen LogP contribution in [0.15, 0.2) is 6.20 Å². The summed E-state index contributed by atoms with van der Waals surface area (Å²) in [4.78, 5) is 8.44. The van der Waals surface area contributed by atoms with Gasteiger partial charge in [0.25, 0.3) is 0 Å². The number of hydrogen-bond donors (Lipinski definition) is 2. The van der Waals surface area contributed by atoms with E-state index < -0.39 is 0 Å². The Labute approximate surface area is 107 Å². The third-order valence-electron chi connectivity index (χ3n) is 3.15. The van der Waals surface area contributed by atoms with Crippen molar-refractivity contribution in [3.8, 4) is 0 Å². The van der Waals surface area contributed by atoms with E-state index in [1.165, 1.54) is 25.7 Å². The Morgan fingerprint density at radius 1 is 1.41 bits per heavy atom. The largest absolute Gasteiger partial charge is 0.369 e. The van der Waals surface area contributed by atoms with Crippen molar-refractivity contribution < 1.29 is 0 Å². The lowest BCUT2D eigenvalue weighted by atomic mass is 9.83. The van der Waals surface area contributed by atoms with E-state index in [1.54, 1.807) is 6.20 Å². The average molecular weight is 255 g/mol. The van der Waals surface area contributed by atoms with Crippen molar-refractivity contribution in [2.24, 2.45) is 5.92 Å². The summed E-state index contributed by atoms with van der Waals surface area (Å²) in [5, 5.41) is 6.95. The Bertz CT molecular complexity index is 366. The van der Waals surface area contributed by atoms with E-state index in [9.17, 15) is 0 Å². The highest BCUT2D eigenvalue weighted by molar-refractivity contribution is 6.32. The summed E-state index contributed by atoms with van der Waals surface area (Å²) in [6, 6.07) is 0. The fraction of sp³-hybridized carbons (Fsp3) is 0.667. The maximum atomic E-state index is 6.04. The molecule has 0 radical (unpaired) electrons. The molecule has 1 fully saturated rings. The van der Waals surface area contributed by atoms with Crippen LogP contribution >= 0.6 is 11.6 Å². The Balaban J connectivity index is 1.86. The maximum absolute atomic E-state index is 6.04. The van der Waals surface area contributed by atoms with E-state index in [4.69, 9.17) is 11.6 Å². The van der Waals surface area contributed by atoms with Crippen LogP contribution in [0.4, 0.5) is 11.8 Å². The van der Waals surface area contributed by atoms with Crippen LogP contribution in [0.25, 0.3) is 0 Å². The minimum absolute atomic E-state index is 0.584. The first kappa shape index (κ1) is 12.4. The van der Waals surface area contributed by atoms with Gasteiger partial charge in [-0.2, -0.15) is 4.98 Å². The van der Waals surface area contributed by atoms with E-state index >= 15 is 0 Å². The molecule has 1 saturated carbocycles. The third-order valence-corrected chi connectivity index (χ3v) is 3.43. The molecule has 0 saturated heterocycles. The average Bonchev–Trinajstić information content (AvgIpc) is 2.26. The fourth-order valence-corrected chi connectivity index (χ4v) is 2.07. The Morgan fingerprint density at radius 2 is 2.24 bits per heavy atom. The van der Waals surface area contributed by atoms with Crippen molar-refractivity contribution in [3.05, 3.63) is 11.2 Å². The van der Waals surface area contributed by atoms with Crippen molar-refractivity contribution in [1.82, 2.24) is 9.97 Å². The second-order valence-corrected chi connectivity index (χ2v) is 4.84. The second-order valence-electron chi connectivity index (χ2n) is 4.43. The molecule has 0 bridgehead atoms. The van der Waals surface area contributed by atoms with Gasteiger partial charge in [0.15, 0.2) is 0 Å². The highest BCUT2D eigenvalue weighted by atomic mass is 35.5. The first-order chi connectivity index (χ1) is 8.29. The summed E-state index contributed by atoms with van der Waals surface area (Å²) in [5.74, 6) is 2.26. The zero-order valence-corrected chi connectivity index (χ0v) is 10.9. The predicted molar refractivity (Wildman–Crippen MR) is 71.7 cm³/mol. The minimum Gasteiger partial charge on any atom is -0.369 e. The molecule has 0 spiro atoms. The molecule has 1 heterocycles. The van der Waals surface area contributed by atoms with Gasteiger partial charge in [-0.15, -0.1) is 0 Å². The number of anilines is 2.